The zero-order valence-corrected chi connectivity index (χ0v) is 19.9. The largest absolute Gasteiger partial charge is 0.390 e. The average molecular weight is 505 g/mol. The van der Waals surface area contributed by atoms with Gasteiger partial charge in [0.25, 0.3) is 0 Å². The van der Waals surface area contributed by atoms with E-state index in [-0.39, 0.29) is 18.7 Å². The molecule has 2 aliphatic rings. The lowest BCUT2D eigenvalue weighted by Crippen LogP contribution is -2.56. The number of aromatic amines is 1. The van der Waals surface area contributed by atoms with Gasteiger partial charge in [-0.15, -0.1) is 0 Å². The third kappa shape index (κ3) is 3.05. The molecule has 6 rings (SSSR count). The smallest absolute Gasteiger partial charge is 0.177 e. The topological polar surface area (TPSA) is 122 Å². The third-order valence-electron chi connectivity index (χ3n) is 7.04. The van der Waals surface area contributed by atoms with E-state index in [1.807, 2.05) is 24.0 Å². The van der Waals surface area contributed by atoms with Crippen molar-refractivity contribution in [1.82, 2.24) is 29.9 Å². The number of aryl methyl sites for hydroxylation is 1. The van der Waals surface area contributed by atoms with Gasteiger partial charge in [-0.05, 0) is 38.3 Å². The van der Waals surface area contributed by atoms with Crippen molar-refractivity contribution < 1.29 is 9.50 Å². The molecule has 2 fully saturated rings. The summed E-state index contributed by atoms with van der Waals surface area (Å²) in [6.45, 7) is 2.22. The van der Waals surface area contributed by atoms with E-state index < -0.39 is 12.2 Å². The van der Waals surface area contributed by atoms with Crippen LogP contribution < -0.4 is 10.6 Å². The Morgan fingerprint density at radius 2 is 2.09 bits per heavy atom. The predicted molar refractivity (Wildman–Crippen MR) is 129 cm³/mol. The maximum absolute atomic E-state index is 14.9. The van der Waals surface area contributed by atoms with Crippen LogP contribution in [0.15, 0.2) is 12.1 Å². The number of nitrogens with two attached hydrogens (primary N) is 1. The molecule has 0 radical (unpaired) electrons. The number of piperidine rings is 1. The number of aliphatic hydroxyl groups is 1. The summed E-state index contributed by atoms with van der Waals surface area (Å²) in [7, 11) is 0. The van der Waals surface area contributed by atoms with E-state index >= 15 is 0 Å². The number of nitrogens with zero attached hydrogens (tertiary/aromatic N) is 6. The number of halogens is 3. The van der Waals surface area contributed by atoms with Crippen LogP contribution in [0.4, 0.5) is 10.2 Å². The Morgan fingerprint density at radius 3 is 2.85 bits per heavy atom. The minimum absolute atomic E-state index is 0.0699. The molecule has 0 unspecified atom stereocenters. The fourth-order valence-corrected chi connectivity index (χ4v) is 6.16. The lowest BCUT2D eigenvalue weighted by Gasteiger charge is -2.41. The summed E-state index contributed by atoms with van der Waals surface area (Å²) in [5.41, 5.74) is 9.06. The van der Waals surface area contributed by atoms with Gasteiger partial charge in [-0.25, -0.2) is 14.4 Å². The van der Waals surface area contributed by atoms with Gasteiger partial charge in [-0.2, -0.15) is 10.2 Å². The summed E-state index contributed by atoms with van der Waals surface area (Å²) >= 11 is 13.3. The van der Waals surface area contributed by atoms with Crippen LogP contribution in [-0.2, 0) is 13.2 Å². The van der Waals surface area contributed by atoms with Gasteiger partial charge in [0.15, 0.2) is 11.5 Å². The number of aromatic nitrogens is 6. The summed E-state index contributed by atoms with van der Waals surface area (Å²) < 4.78 is 16.6. The maximum Gasteiger partial charge on any atom is 0.177 e. The van der Waals surface area contributed by atoms with Gasteiger partial charge in [0.2, 0.25) is 0 Å². The summed E-state index contributed by atoms with van der Waals surface area (Å²) in [5, 5.41) is 23.5. The zero-order valence-electron chi connectivity index (χ0n) is 18.3. The molecular weight excluding hydrogens is 482 g/mol. The van der Waals surface area contributed by atoms with Gasteiger partial charge < -0.3 is 15.7 Å². The van der Waals surface area contributed by atoms with Crippen LogP contribution in [0.1, 0.15) is 31.9 Å². The first kappa shape index (κ1) is 22.0. The minimum atomic E-state index is -1.15. The van der Waals surface area contributed by atoms with Crippen LogP contribution in [0, 0.1) is 0 Å². The summed E-state index contributed by atoms with van der Waals surface area (Å²) in [6, 6.07) is 2.86. The highest BCUT2D eigenvalue weighted by Crippen LogP contribution is 2.42. The molecule has 12 heteroatoms. The van der Waals surface area contributed by atoms with Crippen LogP contribution in [0.3, 0.4) is 0 Å². The highest BCUT2D eigenvalue weighted by atomic mass is 35.5. The molecule has 0 aliphatic carbocycles. The van der Waals surface area contributed by atoms with Crippen molar-refractivity contribution in [3.63, 3.8) is 0 Å². The van der Waals surface area contributed by atoms with E-state index in [1.165, 1.54) is 0 Å². The molecule has 0 amide bonds. The molecule has 4 N–H and O–H groups in total. The van der Waals surface area contributed by atoms with Crippen molar-refractivity contribution in [2.45, 2.75) is 63.6 Å². The van der Waals surface area contributed by atoms with Gasteiger partial charge in [-0.3, -0.25) is 9.78 Å². The molecule has 2 aliphatic heterocycles. The normalized spacial score (nSPS) is 24.6. The molecule has 0 saturated carbocycles. The fourth-order valence-electron chi connectivity index (χ4n) is 5.42. The number of hydrogen-bond acceptors (Lipinski definition) is 7. The molecule has 3 aromatic heterocycles. The summed E-state index contributed by atoms with van der Waals surface area (Å²) in [6.07, 6.45) is 0.914. The third-order valence-corrected chi connectivity index (χ3v) is 7.82. The Balaban J connectivity index is 1.48. The van der Waals surface area contributed by atoms with E-state index in [0.29, 0.717) is 74.4 Å². The van der Waals surface area contributed by atoms with Crippen molar-refractivity contribution >= 4 is 51.1 Å². The number of benzene rings is 1. The van der Waals surface area contributed by atoms with Gasteiger partial charge in [0, 0.05) is 24.2 Å². The molecule has 9 nitrogen and oxygen atoms in total. The molecular formula is C22H23Cl2FN8O. The van der Waals surface area contributed by atoms with Crippen molar-refractivity contribution in [1.29, 1.82) is 0 Å². The number of anilines is 1. The predicted octanol–water partition coefficient (Wildman–Crippen LogP) is 3.60. The summed E-state index contributed by atoms with van der Waals surface area (Å²) in [5.74, 6) is 0.473. The molecule has 4 aromatic rings. The van der Waals surface area contributed by atoms with Crippen LogP contribution in [-0.4, -0.2) is 59.3 Å². The van der Waals surface area contributed by atoms with E-state index in [9.17, 15) is 9.50 Å². The Morgan fingerprint density at radius 1 is 1.26 bits per heavy atom. The molecule has 34 heavy (non-hydrogen) atoms. The van der Waals surface area contributed by atoms with Crippen LogP contribution in [0.5, 0.6) is 0 Å². The SMILES string of the molecule is CCn1nc2ccc(-c3n[nH]c4nc(N5[C@H]6CC[C@@H]5[C@@H](F)[C@@H](N)C6)c(CO)nc34)c(Cl)c2c1Cl. The van der Waals surface area contributed by atoms with E-state index in [1.54, 1.807) is 4.68 Å². The highest BCUT2D eigenvalue weighted by Gasteiger charge is 2.48. The van der Waals surface area contributed by atoms with E-state index in [2.05, 4.69) is 15.3 Å². The molecule has 5 heterocycles. The zero-order chi connectivity index (χ0) is 23.7. The number of nitrogens with one attached hydrogen (secondary N) is 1. The first-order chi connectivity index (χ1) is 16.4. The van der Waals surface area contributed by atoms with Crippen LogP contribution in [0.25, 0.3) is 33.3 Å². The molecule has 1 aromatic carbocycles. The van der Waals surface area contributed by atoms with Gasteiger partial charge in [-0.1, -0.05) is 23.2 Å². The van der Waals surface area contributed by atoms with Gasteiger partial charge in [0.1, 0.15) is 28.2 Å². The second kappa shape index (κ2) is 8.01. The highest BCUT2D eigenvalue weighted by molar-refractivity contribution is 6.43. The van der Waals surface area contributed by atoms with Crippen molar-refractivity contribution in [3.8, 4) is 11.3 Å². The van der Waals surface area contributed by atoms with Gasteiger partial charge in [0.05, 0.1) is 28.6 Å². The summed E-state index contributed by atoms with van der Waals surface area (Å²) in [4.78, 5) is 11.4. The van der Waals surface area contributed by atoms with Crippen molar-refractivity contribution in [3.05, 3.63) is 28.0 Å². The molecule has 178 valence electrons. The van der Waals surface area contributed by atoms with Crippen LogP contribution in [0.2, 0.25) is 10.2 Å². The van der Waals surface area contributed by atoms with E-state index in [4.69, 9.17) is 38.9 Å². The number of hydrogen-bond donors (Lipinski definition) is 3. The van der Waals surface area contributed by atoms with E-state index in [0.717, 1.165) is 6.42 Å². The Kier molecular flexibility index (Phi) is 5.18. The second-order valence-electron chi connectivity index (χ2n) is 8.90. The first-order valence-electron chi connectivity index (χ1n) is 11.3. The van der Waals surface area contributed by atoms with Crippen LogP contribution >= 0.6 is 23.2 Å². The minimum Gasteiger partial charge on any atom is -0.390 e. The number of aliphatic hydroxyl groups excluding tert-OH is 1. The lowest BCUT2D eigenvalue weighted by molar-refractivity contribution is 0.202. The maximum atomic E-state index is 14.9. The molecule has 4 atom stereocenters. The van der Waals surface area contributed by atoms with Crippen molar-refractivity contribution in [2.75, 3.05) is 4.90 Å². The molecule has 2 bridgehead atoms. The number of rotatable bonds is 4. The number of alkyl halides is 1. The second-order valence-corrected chi connectivity index (χ2v) is 9.64. The number of H-pyrrole nitrogens is 1. The Hall–Kier alpha value is -2.53. The monoisotopic (exact) mass is 504 g/mol. The fraction of sp³-hybridized carbons (Fsp3) is 0.455. The number of fused-ring (bicyclic) bond motifs is 4. The first-order valence-corrected chi connectivity index (χ1v) is 12.1. The van der Waals surface area contributed by atoms with Crippen molar-refractivity contribution in [2.24, 2.45) is 5.73 Å². The standard InChI is InChI=1S/C22H23Cl2FN8O/c1-2-32-20(24)15-12(31-32)5-4-10(16(15)23)18-19-21(30-29-18)28-22(13(8-34)27-19)33-9-3-6-14(33)17(25)11(26)7-9/h4-5,9,11,14,17,34H,2-3,6-8,26H2,1H3,(H,28,29,30)/t9-,11-,14+,17-/m0/s1. The Labute approximate surface area is 204 Å². The quantitative estimate of drug-likeness (QED) is 0.388. The molecule has 0 spiro atoms. The lowest BCUT2D eigenvalue weighted by atomic mass is 9.96. The average Bonchev–Trinajstić information content (AvgIpc) is 3.50. The Bertz CT molecular complexity index is 1420. The molecule has 2 saturated heterocycles. The van der Waals surface area contributed by atoms with Gasteiger partial charge >= 0.3 is 0 Å².